The van der Waals surface area contributed by atoms with E-state index in [0.717, 1.165) is 22.2 Å². The number of nitrogens with zero attached hydrogens (tertiary/aromatic N) is 4. The predicted molar refractivity (Wildman–Crippen MR) is 103 cm³/mol. The molecule has 9 heteroatoms. The topological polar surface area (TPSA) is 90.9 Å². The van der Waals surface area contributed by atoms with Gasteiger partial charge in [-0.1, -0.05) is 29.5 Å². The second-order valence-corrected chi connectivity index (χ2v) is 9.97. The third-order valence-corrected chi connectivity index (χ3v) is 7.49. The molecule has 0 amide bonds. The van der Waals surface area contributed by atoms with Crippen molar-refractivity contribution in [3.63, 3.8) is 0 Å². The van der Waals surface area contributed by atoms with Crippen LogP contribution >= 0.6 is 11.8 Å². The van der Waals surface area contributed by atoms with E-state index in [-0.39, 0.29) is 17.4 Å². The van der Waals surface area contributed by atoms with Crippen LogP contribution in [0.1, 0.15) is 29.4 Å². The molecule has 0 spiro atoms. The summed E-state index contributed by atoms with van der Waals surface area (Å²) >= 11 is 1.51. The minimum Gasteiger partial charge on any atom is -0.444 e. The van der Waals surface area contributed by atoms with E-state index in [4.69, 9.17) is 4.42 Å². The second-order valence-electron chi connectivity index (χ2n) is 6.80. The van der Waals surface area contributed by atoms with Crippen molar-refractivity contribution in [2.75, 3.05) is 11.5 Å². The van der Waals surface area contributed by atoms with Gasteiger partial charge in [0.25, 0.3) is 0 Å². The van der Waals surface area contributed by atoms with Crippen molar-refractivity contribution < 1.29 is 12.8 Å². The van der Waals surface area contributed by atoms with Crippen LogP contribution in [0.25, 0.3) is 11.5 Å². The van der Waals surface area contributed by atoms with Gasteiger partial charge >= 0.3 is 0 Å². The summed E-state index contributed by atoms with van der Waals surface area (Å²) in [5.41, 5.74) is 2.96. The Morgan fingerprint density at radius 3 is 2.74 bits per heavy atom. The summed E-state index contributed by atoms with van der Waals surface area (Å²) in [4.78, 5) is 4.53. The number of aromatic nitrogens is 4. The number of thioether (sulfide) groups is 1. The monoisotopic (exact) mass is 404 g/mol. The molecule has 1 aromatic carbocycles. The minimum atomic E-state index is -2.94. The molecule has 1 atom stereocenters. The van der Waals surface area contributed by atoms with Gasteiger partial charge in [0.15, 0.2) is 15.0 Å². The Bertz CT molecular complexity index is 1050. The highest BCUT2D eigenvalue weighted by atomic mass is 32.2. The molecular weight excluding hydrogens is 384 g/mol. The fraction of sp³-hybridized carbons (Fsp3) is 0.389. The van der Waals surface area contributed by atoms with Gasteiger partial charge in [0.05, 0.1) is 17.2 Å². The number of benzene rings is 1. The number of rotatable bonds is 5. The summed E-state index contributed by atoms with van der Waals surface area (Å²) in [5.74, 6) is 2.26. The molecule has 7 nitrogen and oxygen atoms in total. The summed E-state index contributed by atoms with van der Waals surface area (Å²) in [6.07, 6.45) is 2.27. The van der Waals surface area contributed by atoms with E-state index in [0.29, 0.717) is 18.1 Å². The largest absolute Gasteiger partial charge is 0.444 e. The molecule has 2 aromatic heterocycles. The van der Waals surface area contributed by atoms with Gasteiger partial charge in [-0.2, -0.15) is 0 Å². The molecule has 4 rings (SSSR count). The first-order chi connectivity index (χ1) is 12.9. The lowest BCUT2D eigenvalue weighted by atomic mass is 10.1. The van der Waals surface area contributed by atoms with Gasteiger partial charge in [-0.15, -0.1) is 10.2 Å². The summed E-state index contributed by atoms with van der Waals surface area (Å²) < 4.78 is 30.9. The molecular formula is C18H20N4O3S2. The summed E-state index contributed by atoms with van der Waals surface area (Å²) in [6, 6.07) is 8.03. The van der Waals surface area contributed by atoms with Crippen molar-refractivity contribution in [1.82, 2.24) is 19.7 Å². The fourth-order valence-electron chi connectivity index (χ4n) is 3.15. The lowest BCUT2D eigenvalue weighted by molar-refractivity contribution is 0.573. The van der Waals surface area contributed by atoms with Crippen LogP contribution in [0.3, 0.4) is 0 Å². The van der Waals surface area contributed by atoms with Crippen LogP contribution in [0.15, 0.2) is 40.1 Å². The van der Waals surface area contributed by atoms with Crippen LogP contribution < -0.4 is 0 Å². The molecule has 0 aliphatic carbocycles. The Labute approximate surface area is 162 Å². The highest BCUT2D eigenvalue weighted by molar-refractivity contribution is 7.98. The number of hydrogen-bond donors (Lipinski definition) is 0. The van der Waals surface area contributed by atoms with Crippen molar-refractivity contribution in [3.8, 4) is 11.5 Å². The van der Waals surface area contributed by atoms with E-state index in [9.17, 15) is 8.42 Å². The summed E-state index contributed by atoms with van der Waals surface area (Å²) in [7, 11) is -1.06. The van der Waals surface area contributed by atoms with Gasteiger partial charge in [-0.3, -0.25) is 0 Å². The highest BCUT2D eigenvalue weighted by Gasteiger charge is 2.32. The Kier molecular flexibility index (Phi) is 4.81. The number of sulfone groups is 1. The molecule has 142 valence electrons. The van der Waals surface area contributed by atoms with Crippen LogP contribution in [-0.2, 0) is 22.6 Å². The van der Waals surface area contributed by atoms with Crippen LogP contribution in [0.4, 0.5) is 0 Å². The van der Waals surface area contributed by atoms with Crippen LogP contribution in [0.2, 0.25) is 0 Å². The standard InChI is InChI=1S/C18H20N4O3S2/c1-12-3-5-13(6-4-12)17-19-15(9-25-17)10-26-18-21-20-16(22(18)2)14-7-8-27(23,24)11-14/h3-6,9,14H,7-8,10-11H2,1-2H3. The lowest BCUT2D eigenvalue weighted by Crippen LogP contribution is -2.09. The smallest absolute Gasteiger partial charge is 0.226 e. The van der Waals surface area contributed by atoms with Gasteiger partial charge in [0, 0.05) is 24.3 Å². The zero-order valence-corrected chi connectivity index (χ0v) is 16.8. The molecule has 1 aliphatic rings. The van der Waals surface area contributed by atoms with Crippen LogP contribution in [0, 0.1) is 6.92 Å². The first kappa shape index (κ1) is 18.2. The average molecular weight is 405 g/mol. The summed E-state index contributed by atoms with van der Waals surface area (Å²) in [6.45, 7) is 2.04. The fourth-order valence-corrected chi connectivity index (χ4v) is 5.68. The van der Waals surface area contributed by atoms with Crippen molar-refractivity contribution in [1.29, 1.82) is 0 Å². The summed E-state index contributed by atoms with van der Waals surface area (Å²) in [5, 5.41) is 9.19. The maximum atomic E-state index is 11.7. The molecule has 1 saturated heterocycles. The third-order valence-electron chi connectivity index (χ3n) is 4.67. The Morgan fingerprint density at radius 1 is 1.26 bits per heavy atom. The molecule has 0 radical (unpaired) electrons. The zero-order valence-electron chi connectivity index (χ0n) is 15.1. The maximum Gasteiger partial charge on any atom is 0.226 e. The van der Waals surface area contributed by atoms with Crippen molar-refractivity contribution in [2.45, 2.75) is 30.2 Å². The van der Waals surface area contributed by atoms with Crippen LogP contribution in [-0.4, -0.2) is 39.7 Å². The number of hydrogen-bond acceptors (Lipinski definition) is 7. The van der Waals surface area contributed by atoms with E-state index in [1.165, 1.54) is 17.3 Å². The first-order valence-corrected chi connectivity index (χ1v) is 11.5. The van der Waals surface area contributed by atoms with E-state index in [1.54, 1.807) is 6.26 Å². The SMILES string of the molecule is Cc1ccc(-c2nc(CSc3nnc(C4CCS(=O)(=O)C4)n3C)co2)cc1. The van der Waals surface area contributed by atoms with E-state index in [1.807, 2.05) is 42.8 Å². The van der Waals surface area contributed by atoms with E-state index < -0.39 is 9.84 Å². The van der Waals surface area contributed by atoms with Gasteiger partial charge in [-0.25, -0.2) is 13.4 Å². The Balaban J connectivity index is 1.43. The molecule has 27 heavy (non-hydrogen) atoms. The Hall–Kier alpha value is -2.13. The highest BCUT2D eigenvalue weighted by Crippen LogP contribution is 2.30. The molecule has 3 aromatic rings. The number of aryl methyl sites for hydroxylation is 1. The van der Waals surface area contributed by atoms with Crippen molar-refractivity contribution >= 4 is 21.6 Å². The van der Waals surface area contributed by atoms with E-state index in [2.05, 4.69) is 15.2 Å². The van der Waals surface area contributed by atoms with Crippen molar-refractivity contribution in [2.24, 2.45) is 7.05 Å². The van der Waals surface area contributed by atoms with E-state index >= 15 is 0 Å². The van der Waals surface area contributed by atoms with Gasteiger partial charge in [-0.05, 0) is 25.5 Å². The molecule has 1 aliphatic heterocycles. The lowest BCUT2D eigenvalue weighted by Gasteiger charge is -2.07. The molecule has 1 unspecified atom stereocenters. The van der Waals surface area contributed by atoms with Gasteiger partial charge in [0.2, 0.25) is 5.89 Å². The maximum absolute atomic E-state index is 11.7. The predicted octanol–water partition coefficient (Wildman–Crippen LogP) is 2.97. The first-order valence-electron chi connectivity index (χ1n) is 8.65. The minimum absolute atomic E-state index is 0.0676. The van der Waals surface area contributed by atoms with Crippen molar-refractivity contribution in [3.05, 3.63) is 47.6 Å². The molecule has 3 heterocycles. The van der Waals surface area contributed by atoms with Crippen LogP contribution in [0.5, 0.6) is 0 Å². The zero-order chi connectivity index (χ0) is 19.0. The molecule has 0 saturated carbocycles. The van der Waals surface area contributed by atoms with Gasteiger partial charge in [0.1, 0.15) is 12.1 Å². The Morgan fingerprint density at radius 2 is 2.04 bits per heavy atom. The quantitative estimate of drug-likeness (QED) is 0.604. The molecule has 0 bridgehead atoms. The number of oxazole rings is 1. The molecule has 1 fully saturated rings. The van der Waals surface area contributed by atoms with Gasteiger partial charge < -0.3 is 8.98 Å². The third kappa shape index (κ3) is 3.93. The molecule has 0 N–H and O–H groups in total. The normalized spacial score (nSPS) is 18.8. The second kappa shape index (κ2) is 7.12. The average Bonchev–Trinajstić information content (AvgIpc) is 3.33.